The molecule has 1 heterocycles. The summed E-state index contributed by atoms with van der Waals surface area (Å²) in [7, 11) is 0. The van der Waals surface area contributed by atoms with E-state index in [2.05, 4.69) is 5.32 Å². The Kier molecular flexibility index (Phi) is 5.68. The van der Waals surface area contributed by atoms with E-state index in [1.807, 2.05) is 24.3 Å². The summed E-state index contributed by atoms with van der Waals surface area (Å²) in [6.07, 6.45) is 3.49. The minimum atomic E-state index is -0.366. The molecule has 0 amide bonds. The highest BCUT2D eigenvalue weighted by Gasteiger charge is 2.25. The number of nitrogens with two attached hydrogens (primary N) is 1. The van der Waals surface area contributed by atoms with E-state index in [-0.39, 0.29) is 17.4 Å². The Morgan fingerprint density at radius 1 is 0.970 bits per heavy atom. The average molecular weight is 446 g/mol. The highest BCUT2D eigenvalue weighted by molar-refractivity contribution is 6.10. The van der Waals surface area contributed by atoms with Gasteiger partial charge in [-0.15, -0.1) is 0 Å². The first-order valence-corrected chi connectivity index (χ1v) is 11.2. The van der Waals surface area contributed by atoms with E-state index in [9.17, 15) is 13.6 Å². The van der Waals surface area contributed by atoms with E-state index in [1.54, 1.807) is 10.7 Å². The summed E-state index contributed by atoms with van der Waals surface area (Å²) in [6.45, 7) is 0.807. The molecule has 0 spiro atoms. The standard InChI is InChI=1S/C27H25F2N3O/c28-20-6-1-17(2-7-20)13-14-31-22-10-12-26-24(16-22)23-15-19(5-11-25(23)32(26)30)27(33)18-3-8-21(29)9-4-18/h1-9,11,15,22,31H,10,12-14,16,30H2. The lowest BCUT2D eigenvalue weighted by Gasteiger charge is -2.24. The van der Waals surface area contributed by atoms with Crippen molar-refractivity contribution < 1.29 is 13.6 Å². The van der Waals surface area contributed by atoms with Crippen LogP contribution in [0.15, 0.2) is 66.7 Å². The maximum Gasteiger partial charge on any atom is 0.193 e. The third-order valence-corrected chi connectivity index (χ3v) is 6.53. The maximum absolute atomic E-state index is 13.2. The van der Waals surface area contributed by atoms with Crippen LogP contribution in [0.2, 0.25) is 0 Å². The van der Waals surface area contributed by atoms with Crippen molar-refractivity contribution >= 4 is 16.7 Å². The number of hydrogen-bond acceptors (Lipinski definition) is 3. The lowest BCUT2D eigenvalue weighted by atomic mass is 9.90. The second-order valence-corrected chi connectivity index (χ2v) is 8.63. The molecular weight excluding hydrogens is 420 g/mol. The van der Waals surface area contributed by atoms with Crippen LogP contribution in [-0.4, -0.2) is 23.0 Å². The molecule has 4 nitrogen and oxygen atoms in total. The first kappa shape index (κ1) is 21.3. The lowest BCUT2D eigenvalue weighted by Crippen LogP contribution is -2.36. The van der Waals surface area contributed by atoms with Crippen LogP contribution < -0.4 is 11.2 Å². The summed E-state index contributed by atoms with van der Waals surface area (Å²) in [5.74, 6) is 5.66. The third-order valence-electron chi connectivity index (χ3n) is 6.53. The first-order chi connectivity index (χ1) is 16.0. The fourth-order valence-corrected chi connectivity index (χ4v) is 4.75. The molecular formula is C27H25F2N3O. The highest BCUT2D eigenvalue weighted by Crippen LogP contribution is 2.32. The predicted octanol–water partition coefficient (Wildman–Crippen LogP) is 4.55. The number of benzene rings is 3. The van der Waals surface area contributed by atoms with Gasteiger partial charge >= 0.3 is 0 Å². The lowest BCUT2D eigenvalue weighted by molar-refractivity contribution is 0.103. The van der Waals surface area contributed by atoms with Crippen molar-refractivity contribution in [2.24, 2.45) is 0 Å². The van der Waals surface area contributed by atoms with Gasteiger partial charge in [-0.3, -0.25) is 9.47 Å². The van der Waals surface area contributed by atoms with Gasteiger partial charge in [0.15, 0.2) is 5.78 Å². The van der Waals surface area contributed by atoms with E-state index in [0.717, 1.165) is 54.4 Å². The van der Waals surface area contributed by atoms with Gasteiger partial charge in [0.25, 0.3) is 0 Å². The number of carbonyl (C=O) groups is 1. The summed E-state index contributed by atoms with van der Waals surface area (Å²) in [6, 6.07) is 18.1. The Hall–Kier alpha value is -3.51. The van der Waals surface area contributed by atoms with E-state index in [0.29, 0.717) is 17.2 Å². The van der Waals surface area contributed by atoms with Crippen molar-refractivity contribution in [1.29, 1.82) is 0 Å². The zero-order valence-corrected chi connectivity index (χ0v) is 18.2. The SMILES string of the molecule is Nn1c2c(c3cc(C(=O)c4ccc(F)cc4)ccc31)CC(NCCc1ccc(F)cc1)CC2. The van der Waals surface area contributed by atoms with Gasteiger partial charge in [0.1, 0.15) is 11.6 Å². The van der Waals surface area contributed by atoms with Crippen LogP contribution in [-0.2, 0) is 19.3 Å². The summed E-state index contributed by atoms with van der Waals surface area (Å²) >= 11 is 0. The summed E-state index contributed by atoms with van der Waals surface area (Å²) in [4.78, 5) is 12.9. The molecule has 4 aromatic rings. The van der Waals surface area contributed by atoms with Crippen molar-refractivity contribution in [2.45, 2.75) is 31.7 Å². The van der Waals surface area contributed by atoms with Crippen LogP contribution in [0.1, 0.15) is 39.2 Å². The molecule has 0 radical (unpaired) electrons. The normalized spacial score (nSPS) is 15.5. The number of rotatable bonds is 6. The van der Waals surface area contributed by atoms with E-state index < -0.39 is 0 Å². The van der Waals surface area contributed by atoms with Gasteiger partial charge < -0.3 is 11.2 Å². The number of hydrogen-bond donors (Lipinski definition) is 2. The second kappa shape index (κ2) is 8.79. The molecule has 5 rings (SSSR count). The van der Waals surface area contributed by atoms with E-state index in [4.69, 9.17) is 5.84 Å². The topological polar surface area (TPSA) is 60.0 Å². The molecule has 0 saturated heterocycles. The Bertz CT molecular complexity index is 1310. The van der Waals surface area contributed by atoms with Gasteiger partial charge in [-0.05, 0) is 98.0 Å². The minimum Gasteiger partial charge on any atom is -0.339 e. The van der Waals surface area contributed by atoms with Crippen LogP contribution in [0.25, 0.3) is 10.9 Å². The number of aromatic nitrogens is 1. The van der Waals surface area contributed by atoms with Crippen LogP contribution in [0, 0.1) is 11.6 Å². The van der Waals surface area contributed by atoms with Crippen molar-refractivity contribution in [2.75, 3.05) is 12.4 Å². The fraction of sp³-hybridized carbons (Fsp3) is 0.222. The molecule has 1 aromatic heterocycles. The van der Waals surface area contributed by atoms with Crippen LogP contribution in [0.4, 0.5) is 8.78 Å². The predicted molar refractivity (Wildman–Crippen MR) is 126 cm³/mol. The average Bonchev–Trinajstić information content (AvgIpc) is 3.11. The van der Waals surface area contributed by atoms with Gasteiger partial charge in [0.2, 0.25) is 0 Å². The quantitative estimate of drug-likeness (QED) is 0.338. The minimum absolute atomic E-state index is 0.139. The summed E-state index contributed by atoms with van der Waals surface area (Å²) < 4.78 is 28.1. The molecule has 1 aliphatic rings. The number of ketones is 1. The Morgan fingerprint density at radius 3 is 2.36 bits per heavy atom. The molecule has 3 aromatic carbocycles. The molecule has 1 unspecified atom stereocenters. The summed E-state index contributed by atoms with van der Waals surface area (Å²) in [5.41, 5.74) is 5.30. The molecule has 0 saturated carbocycles. The number of fused-ring (bicyclic) bond motifs is 3. The molecule has 0 bridgehead atoms. The molecule has 3 N–H and O–H groups in total. The third kappa shape index (κ3) is 4.26. The molecule has 0 fully saturated rings. The zero-order valence-electron chi connectivity index (χ0n) is 18.2. The Morgan fingerprint density at radius 2 is 1.64 bits per heavy atom. The second-order valence-electron chi connectivity index (χ2n) is 8.63. The molecule has 168 valence electrons. The Balaban J connectivity index is 1.35. The largest absolute Gasteiger partial charge is 0.339 e. The van der Waals surface area contributed by atoms with Gasteiger partial charge in [0, 0.05) is 28.2 Å². The van der Waals surface area contributed by atoms with Crippen molar-refractivity contribution in [3.8, 4) is 0 Å². The zero-order chi connectivity index (χ0) is 22.9. The van der Waals surface area contributed by atoms with Gasteiger partial charge in [-0.1, -0.05) is 12.1 Å². The maximum atomic E-state index is 13.2. The molecule has 6 heteroatoms. The van der Waals surface area contributed by atoms with Crippen molar-refractivity contribution in [3.63, 3.8) is 0 Å². The molecule has 33 heavy (non-hydrogen) atoms. The smallest absolute Gasteiger partial charge is 0.193 e. The number of nitrogens with zero attached hydrogens (tertiary/aromatic N) is 1. The Labute approximate surface area is 191 Å². The molecule has 1 atom stereocenters. The van der Waals surface area contributed by atoms with Crippen LogP contribution >= 0.6 is 0 Å². The molecule has 0 aliphatic heterocycles. The van der Waals surface area contributed by atoms with Gasteiger partial charge in [0.05, 0.1) is 5.52 Å². The van der Waals surface area contributed by atoms with Crippen molar-refractivity contribution in [3.05, 3.63) is 106 Å². The highest BCUT2D eigenvalue weighted by atomic mass is 19.1. The first-order valence-electron chi connectivity index (χ1n) is 11.2. The van der Waals surface area contributed by atoms with E-state index in [1.165, 1.54) is 42.0 Å². The summed E-state index contributed by atoms with van der Waals surface area (Å²) in [5, 5.41) is 4.61. The van der Waals surface area contributed by atoms with Gasteiger partial charge in [-0.2, -0.15) is 0 Å². The van der Waals surface area contributed by atoms with E-state index >= 15 is 0 Å². The molecule has 1 aliphatic carbocycles. The monoisotopic (exact) mass is 445 g/mol. The number of nitrogens with one attached hydrogen (secondary N) is 1. The number of carbonyl (C=O) groups excluding carboxylic acids is 1. The van der Waals surface area contributed by atoms with Crippen LogP contribution in [0.5, 0.6) is 0 Å². The number of halogens is 2. The van der Waals surface area contributed by atoms with Crippen LogP contribution in [0.3, 0.4) is 0 Å². The van der Waals surface area contributed by atoms with Crippen molar-refractivity contribution in [1.82, 2.24) is 9.99 Å². The number of nitrogen functional groups attached to an aromatic ring is 1. The fourth-order valence-electron chi connectivity index (χ4n) is 4.75. The van der Waals surface area contributed by atoms with Gasteiger partial charge in [-0.25, -0.2) is 8.78 Å².